The van der Waals surface area contributed by atoms with Crippen LogP contribution in [0.3, 0.4) is 0 Å². The third kappa shape index (κ3) is 3.37. The quantitative estimate of drug-likeness (QED) is 0.905. The zero-order valence-corrected chi connectivity index (χ0v) is 13.1. The highest BCUT2D eigenvalue weighted by Gasteiger charge is 2.26. The van der Waals surface area contributed by atoms with Crippen molar-refractivity contribution in [3.05, 3.63) is 15.6 Å². The summed E-state index contributed by atoms with van der Waals surface area (Å²) in [4.78, 5) is 18.4. The molecule has 112 valence electrons. The van der Waals surface area contributed by atoms with Gasteiger partial charge in [0.1, 0.15) is 9.88 Å². The maximum absolute atomic E-state index is 11.2. The van der Waals surface area contributed by atoms with E-state index in [4.69, 9.17) is 4.74 Å². The Morgan fingerprint density at radius 2 is 2.10 bits per heavy atom. The summed E-state index contributed by atoms with van der Waals surface area (Å²) in [5.74, 6) is -0.916. The number of nitrogens with zero attached hydrogens (tertiary/aromatic N) is 2. The summed E-state index contributed by atoms with van der Waals surface area (Å²) < 4.78 is 5.03. The SMILES string of the molecule is COCc1nc(CN2C(C)CCCC2C)sc1C(=O)O. The summed E-state index contributed by atoms with van der Waals surface area (Å²) in [5.41, 5.74) is 0.539. The van der Waals surface area contributed by atoms with E-state index < -0.39 is 5.97 Å². The van der Waals surface area contributed by atoms with Crippen molar-refractivity contribution >= 4 is 17.3 Å². The monoisotopic (exact) mass is 298 g/mol. The van der Waals surface area contributed by atoms with Crippen LogP contribution in [0.5, 0.6) is 0 Å². The van der Waals surface area contributed by atoms with Crippen molar-refractivity contribution in [2.45, 2.75) is 58.3 Å². The Kier molecular flexibility index (Phi) is 5.12. The molecule has 0 aromatic carbocycles. The lowest BCUT2D eigenvalue weighted by atomic mass is 9.98. The number of thiazole rings is 1. The number of likely N-dealkylation sites (tertiary alicyclic amines) is 1. The third-order valence-corrected chi connectivity index (χ3v) is 4.98. The van der Waals surface area contributed by atoms with Crippen LogP contribution >= 0.6 is 11.3 Å². The minimum atomic E-state index is -0.916. The van der Waals surface area contributed by atoms with Gasteiger partial charge in [-0.15, -0.1) is 11.3 Å². The number of carbonyl (C=O) groups is 1. The molecule has 1 aromatic rings. The summed E-state index contributed by atoms with van der Waals surface area (Å²) in [7, 11) is 1.55. The highest BCUT2D eigenvalue weighted by Crippen LogP contribution is 2.27. The van der Waals surface area contributed by atoms with Crippen LogP contribution in [0.4, 0.5) is 0 Å². The topological polar surface area (TPSA) is 62.7 Å². The second-order valence-corrected chi connectivity index (χ2v) is 6.51. The van der Waals surface area contributed by atoms with Gasteiger partial charge in [-0.05, 0) is 26.7 Å². The Morgan fingerprint density at radius 3 is 2.65 bits per heavy atom. The van der Waals surface area contributed by atoms with Gasteiger partial charge in [0.2, 0.25) is 0 Å². The Balaban J connectivity index is 2.16. The molecule has 0 amide bonds. The van der Waals surface area contributed by atoms with Gasteiger partial charge in [0.15, 0.2) is 0 Å². The number of rotatable bonds is 5. The Hall–Kier alpha value is -0.980. The lowest BCUT2D eigenvalue weighted by Crippen LogP contribution is -2.42. The fourth-order valence-electron chi connectivity index (χ4n) is 2.81. The molecule has 1 fully saturated rings. The van der Waals surface area contributed by atoms with Crippen LogP contribution in [-0.4, -0.2) is 40.2 Å². The lowest BCUT2D eigenvalue weighted by molar-refractivity contribution is 0.0697. The largest absolute Gasteiger partial charge is 0.477 e. The van der Waals surface area contributed by atoms with E-state index in [1.165, 1.54) is 30.6 Å². The van der Waals surface area contributed by atoms with E-state index in [-0.39, 0.29) is 6.61 Å². The summed E-state index contributed by atoms with van der Waals surface area (Å²) in [5, 5.41) is 10.1. The molecular weight excluding hydrogens is 276 g/mol. The van der Waals surface area contributed by atoms with Crippen molar-refractivity contribution in [2.24, 2.45) is 0 Å². The summed E-state index contributed by atoms with van der Waals surface area (Å²) >= 11 is 1.27. The van der Waals surface area contributed by atoms with Gasteiger partial charge in [0, 0.05) is 19.2 Å². The smallest absolute Gasteiger partial charge is 0.347 e. The molecule has 1 aliphatic heterocycles. The van der Waals surface area contributed by atoms with Gasteiger partial charge in [-0.2, -0.15) is 0 Å². The number of methoxy groups -OCH3 is 1. The number of aromatic carboxylic acids is 1. The molecule has 0 aliphatic carbocycles. The van der Waals surface area contributed by atoms with Crippen LogP contribution in [0.25, 0.3) is 0 Å². The molecule has 2 atom stereocenters. The average molecular weight is 298 g/mol. The van der Waals surface area contributed by atoms with Crippen LogP contribution in [0.2, 0.25) is 0 Å². The van der Waals surface area contributed by atoms with E-state index in [1.807, 2.05) is 0 Å². The summed E-state index contributed by atoms with van der Waals surface area (Å²) in [6.07, 6.45) is 3.67. The zero-order chi connectivity index (χ0) is 14.7. The van der Waals surface area contributed by atoms with Gasteiger partial charge in [0.05, 0.1) is 18.8 Å². The van der Waals surface area contributed by atoms with Crippen molar-refractivity contribution in [3.8, 4) is 0 Å². The Labute approximate surface area is 123 Å². The molecule has 1 aliphatic rings. The number of hydrogen-bond acceptors (Lipinski definition) is 5. The molecule has 0 radical (unpaired) electrons. The van der Waals surface area contributed by atoms with Gasteiger partial charge in [0.25, 0.3) is 0 Å². The standard InChI is InChI=1S/C14H22N2O3S/c1-9-5-4-6-10(2)16(9)7-12-15-11(8-19-3)13(20-12)14(17)18/h9-10H,4-8H2,1-3H3,(H,17,18). The van der Waals surface area contributed by atoms with Crippen molar-refractivity contribution in [2.75, 3.05) is 7.11 Å². The van der Waals surface area contributed by atoms with Crippen molar-refractivity contribution in [1.29, 1.82) is 0 Å². The summed E-state index contributed by atoms with van der Waals surface area (Å²) in [6.45, 7) is 5.45. The third-order valence-electron chi connectivity index (χ3n) is 3.91. The van der Waals surface area contributed by atoms with Gasteiger partial charge < -0.3 is 9.84 Å². The second-order valence-electron chi connectivity index (χ2n) is 5.42. The van der Waals surface area contributed by atoms with Crippen molar-refractivity contribution in [1.82, 2.24) is 9.88 Å². The highest BCUT2D eigenvalue weighted by atomic mass is 32.1. The zero-order valence-electron chi connectivity index (χ0n) is 12.3. The molecule has 0 saturated carbocycles. The second kappa shape index (κ2) is 6.65. The molecule has 1 N–H and O–H groups in total. The predicted molar refractivity (Wildman–Crippen MR) is 78.1 cm³/mol. The van der Waals surface area contributed by atoms with Gasteiger partial charge >= 0.3 is 5.97 Å². The number of carboxylic acid groups (broad SMARTS) is 1. The van der Waals surface area contributed by atoms with E-state index in [0.717, 1.165) is 11.6 Å². The van der Waals surface area contributed by atoms with Crippen LogP contribution in [-0.2, 0) is 17.9 Å². The molecule has 1 aromatic heterocycles. The molecular formula is C14H22N2O3S. The van der Waals surface area contributed by atoms with Crippen molar-refractivity contribution < 1.29 is 14.6 Å². The molecule has 2 heterocycles. The van der Waals surface area contributed by atoms with E-state index in [2.05, 4.69) is 23.7 Å². The maximum Gasteiger partial charge on any atom is 0.347 e. The highest BCUT2D eigenvalue weighted by molar-refractivity contribution is 7.13. The number of aromatic nitrogens is 1. The molecule has 20 heavy (non-hydrogen) atoms. The van der Waals surface area contributed by atoms with Gasteiger partial charge in [-0.1, -0.05) is 6.42 Å². The molecule has 0 spiro atoms. The van der Waals surface area contributed by atoms with E-state index in [0.29, 0.717) is 22.7 Å². The number of carboxylic acids is 1. The Morgan fingerprint density at radius 1 is 1.45 bits per heavy atom. The molecule has 0 bridgehead atoms. The first-order chi connectivity index (χ1) is 9.52. The first kappa shape index (κ1) is 15.4. The fraction of sp³-hybridized carbons (Fsp3) is 0.714. The minimum absolute atomic E-state index is 0.253. The fourth-order valence-corrected chi connectivity index (χ4v) is 3.73. The van der Waals surface area contributed by atoms with Gasteiger partial charge in [-0.25, -0.2) is 9.78 Å². The minimum Gasteiger partial charge on any atom is -0.477 e. The number of hydrogen-bond donors (Lipinski definition) is 1. The lowest BCUT2D eigenvalue weighted by Gasteiger charge is -2.38. The predicted octanol–water partition coefficient (Wildman–Crippen LogP) is 2.75. The van der Waals surface area contributed by atoms with Gasteiger partial charge in [-0.3, -0.25) is 4.90 Å². The van der Waals surface area contributed by atoms with Crippen LogP contribution in [0, 0.1) is 0 Å². The normalized spacial score (nSPS) is 23.9. The van der Waals surface area contributed by atoms with Crippen molar-refractivity contribution in [3.63, 3.8) is 0 Å². The van der Waals surface area contributed by atoms with Crippen LogP contribution in [0.1, 0.15) is 53.5 Å². The Bertz CT molecular complexity index is 465. The van der Waals surface area contributed by atoms with E-state index in [1.54, 1.807) is 7.11 Å². The molecule has 2 unspecified atom stereocenters. The molecule has 6 heteroatoms. The molecule has 1 saturated heterocycles. The molecule has 2 rings (SSSR count). The first-order valence-corrected chi connectivity index (χ1v) is 7.81. The average Bonchev–Trinajstić information content (AvgIpc) is 2.78. The maximum atomic E-state index is 11.2. The summed E-state index contributed by atoms with van der Waals surface area (Å²) in [6, 6.07) is 1.06. The number of piperidine rings is 1. The first-order valence-electron chi connectivity index (χ1n) is 6.99. The van der Waals surface area contributed by atoms with Crippen LogP contribution < -0.4 is 0 Å². The van der Waals surface area contributed by atoms with E-state index >= 15 is 0 Å². The molecule has 5 nitrogen and oxygen atoms in total. The van der Waals surface area contributed by atoms with E-state index in [9.17, 15) is 9.90 Å². The van der Waals surface area contributed by atoms with Crippen LogP contribution in [0.15, 0.2) is 0 Å². The number of ether oxygens (including phenoxy) is 1.